The van der Waals surface area contributed by atoms with Crippen LogP contribution in [0, 0.1) is 18.6 Å². The molecule has 3 N–H and O–H groups in total. The van der Waals surface area contributed by atoms with Gasteiger partial charge in [0.25, 0.3) is 5.92 Å². The molecule has 0 unspecified atom stereocenters. The minimum Gasteiger partial charge on any atom is -0.390 e. The highest BCUT2D eigenvalue weighted by atomic mass is 19.3. The number of rotatable bonds is 3. The predicted molar refractivity (Wildman–Crippen MR) is 50.1 cm³/mol. The maximum Gasteiger partial charge on any atom is 0.289 e. The molecule has 0 heterocycles. The lowest BCUT2D eigenvalue weighted by atomic mass is 9.98. The van der Waals surface area contributed by atoms with Crippen molar-refractivity contribution in [3.63, 3.8) is 0 Å². The Morgan fingerprint density at radius 1 is 1.38 bits per heavy atom. The monoisotopic (exact) mass is 237 g/mol. The standard InChI is InChI=1S/C10H11F4NO/c1-5-2-3-6(11)7(8(5)12)9(15)10(13,14)4-16/h2-3,9,16H,4,15H2,1H3/t9-/m1/s1. The van der Waals surface area contributed by atoms with Crippen LogP contribution >= 0.6 is 0 Å². The number of benzene rings is 1. The summed E-state index contributed by atoms with van der Waals surface area (Å²) in [7, 11) is 0. The van der Waals surface area contributed by atoms with Gasteiger partial charge in [0.1, 0.15) is 24.3 Å². The molecule has 0 spiro atoms. The van der Waals surface area contributed by atoms with E-state index >= 15 is 0 Å². The van der Waals surface area contributed by atoms with E-state index in [1.807, 2.05) is 0 Å². The number of aliphatic hydroxyl groups excluding tert-OH is 1. The van der Waals surface area contributed by atoms with Gasteiger partial charge in [-0.05, 0) is 18.6 Å². The Morgan fingerprint density at radius 3 is 2.44 bits per heavy atom. The van der Waals surface area contributed by atoms with Crippen molar-refractivity contribution in [2.45, 2.75) is 18.9 Å². The summed E-state index contributed by atoms with van der Waals surface area (Å²) in [6.07, 6.45) is 0. The first-order chi connectivity index (χ1) is 7.31. The van der Waals surface area contributed by atoms with Crippen LogP contribution in [0.1, 0.15) is 17.2 Å². The molecule has 1 atom stereocenters. The Bertz CT molecular complexity index is 395. The van der Waals surface area contributed by atoms with Gasteiger partial charge in [-0.15, -0.1) is 0 Å². The number of hydrogen-bond acceptors (Lipinski definition) is 2. The van der Waals surface area contributed by atoms with E-state index in [2.05, 4.69) is 0 Å². The van der Waals surface area contributed by atoms with Crippen LogP contribution in [-0.4, -0.2) is 17.6 Å². The summed E-state index contributed by atoms with van der Waals surface area (Å²) in [6.45, 7) is -0.261. The molecular formula is C10H11F4NO. The zero-order valence-corrected chi connectivity index (χ0v) is 8.48. The fraction of sp³-hybridized carbons (Fsp3) is 0.400. The summed E-state index contributed by atoms with van der Waals surface area (Å²) < 4.78 is 52.7. The highest BCUT2D eigenvalue weighted by Gasteiger charge is 2.40. The molecule has 0 amide bonds. The lowest BCUT2D eigenvalue weighted by molar-refractivity contribution is -0.0726. The maximum atomic E-state index is 13.4. The molecule has 0 aliphatic carbocycles. The molecule has 90 valence electrons. The number of alkyl halides is 2. The number of aryl methyl sites for hydroxylation is 1. The van der Waals surface area contributed by atoms with Crippen molar-refractivity contribution in [1.29, 1.82) is 0 Å². The maximum absolute atomic E-state index is 13.4. The Balaban J connectivity index is 3.28. The average Bonchev–Trinajstić information content (AvgIpc) is 2.24. The van der Waals surface area contributed by atoms with E-state index in [1.54, 1.807) is 0 Å². The molecule has 0 saturated heterocycles. The summed E-state index contributed by atoms with van der Waals surface area (Å²) in [6, 6.07) is -0.226. The SMILES string of the molecule is Cc1ccc(F)c([C@@H](N)C(F)(F)CO)c1F. The lowest BCUT2D eigenvalue weighted by Gasteiger charge is -2.22. The van der Waals surface area contributed by atoms with Gasteiger partial charge in [-0.3, -0.25) is 0 Å². The van der Waals surface area contributed by atoms with E-state index in [4.69, 9.17) is 10.8 Å². The number of aliphatic hydroxyl groups is 1. The van der Waals surface area contributed by atoms with Gasteiger partial charge in [-0.2, -0.15) is 0 Å². The van der Waals surface area contributed by atoms with E-state index < -0.39 is 35.8 Å². The first-order valence-corrected chi connectivity index (χ1v) is 4.50. The van der Waals surface area contributed by atoms with Gasteiger partial charge in [0, 0.05) is 5.56 Å². The van der Waals surface area contributed by atoms with Crippen LogP contribution in [0.3, 0.4) is 0 Å². The first kappa shape index (κ1) is 12.9. The van der Waals surface area contributed by atoms with Crippen molar-refractivity contribution < 1.29 is 22.7 Å². The van der Waals surface area contributed by atoms with Crippen LogP contribution in [0.25, 0.3) is 0 Å². The molecule has 1 aromatic rings. The molecule has 0 aromatic heterocycles. The summed E-state index contributed by atoms with van der Waals surface area (Å²) >= 11 is 0. The van der Waals surface area contributed by atoms with Crippen LogP contribution in [0.4, 0.5) is 17.6 Å². The van der Waals surface area contributed by atoms with Crippen molar-refractivity contribution in [2.75, 3.05) is 6.61 Å². The Morgan fingerprint density at radius 2 is 1.94 bits per heavy atom. The quantitative estimate of drug-likeness (QED) is 0.789. The fourth-order valence-electron chi connectivity index (χ4n) is 1.27. The van der Waals surface area contributed by atoms with Crippen molar-refractivity contribution in [3.8, 4) is 0 Å². The Labute approximate surface area is 89.7 Å². The van der Waals surface area contributed by atoms with Crippen molar-refractivity contribution in [3.05, 3.63) is 34.9 Å². The highest BCUT2D eigenvalue weighted by Crippen LogP contribution is 2.32. The Kier molecular flexibility index (Phi) is 3.54. The van der Waals surface area contributed by atoms with E-state index in [0.29, 0.717) is 0 Å². The van der Waals surface area contributed by atoms with Crippen LogP contribution < -0.4 is 5.73 Å². The molecule has 0 bridgehead atoms. The summed E-state index contributed by atoms with van der Waals surface area (Å²) in [5.74, 6) is -6.03. The molecule has 0 radical (unpaired) electrons. The van der Waals surface area contributed by atoms with E-state index in [0.717, 1.165) is 12.1 Å². The molecule has 2 nitrogen and oxygen atoms in total. The third kappa shape index (κ3) is 2.17. The van der Waals surface area contributed by atoms with Crippen molar-refractivity contribution in [2.24, 2.45) is 5.73 Å². The lowest BCUT2D eigenvalue weighted by Crippen LogP contribution is -2.37. The second-order valence-corrected chi connectivity index (χ2v) is 3.49. The van der Waals surface area contributed by atoms with Gasteiger partial charge < -0.3 is 10.8 Å². The summed E-state index contributed by atoms with van der Waals surface area (Å²) in [5.41, 5.74) is 4.17. The molecule has 0 saturated carbocycles. The highest BCUT2D eigenvalue weighted by molar-refractivity contribution is 5.30. The van der Waals surface area contributed by atoms with Crippen LogP contribution in [-0.2, 0) is 0 Å². The molecule has 1 rings (SSSR count). The van der Waals surface area contributed by atoms with Gasteiger partial charge in [-0.1, -0.05) is 6.07 Å². The molecule has 0 aliphatic rings. The van der Waals surface area contributed by atoms with Gasteiger partial charge in [0.05, 0.1) is 0 Å². The zero-order chi connectivity index (χ0) is 12.5. The fourth-order valence-corrected chi connectivity index (χ4v) is 1.27. The van der Waals surface area contributed by atoms with Gasteiger partial charge in [0.2, 0.25) is 0 Å². The van der Waals surface area contributed by atoms with E-state index in [-0.39, 0.29) is 5.56 Å². The average molecular weight is 237 g/mol. The Hall–Kier alpha value is -1.14. The topological polar surface area (TPSA) is 46.2 Å². The number of hydrogen-bond donors (Lipinski definition) is 2. The minimum atomic E-state index is -3.77. The molecule has 0 aliphatic heterocycles. The largest absolute Gasteiger partial charge is 0.390 e. The van der Waals surface area contributed by atoms with Crippen molar-refractivity contribution in [1.82, 2.24) is 0 Å². The molecule has 1 aromatic carbocycles. The molecule has 0 fully saturated rings. The van der Waals surface area contributed by atoms with Crippen molar-refractivity contribution >= 4 is 0 Å². The van der Waals surface area contributed by atoms with E-state index in [1.165, 1.54) is 6.92 Å². The molecule has 16 heavy (non-hydrogen) atoms. The third-order valence-corrected chi connectivity index (χ3v) is 2.30. The van der Waals surface area contributed by atoms with E-state index in [9.17, 15) is 17.6 Å². The first-order valence-electron chi connectivity index (χ1n) is 4.50. The minimum absolute atomic E-state index is 0.0144. The summed E-state index contributed by atoms with van der Waals surface area (Å²) in [5, 5.41) is 8.40. The van der Waals surface area contributed by atoms with Crippen LogP contribution in [0.15, 0.2) is 12.1 Å². The predicted octanol–water partition coefficient (Wildman–Crippen LogP) is 1.90. The normalized spacial score (nSPS) is 13.9. The summed E-state index contributed by atoms with van der Waals surface area (Å²) in [4.78, 5) is 0. The van der Waals surface area contributed by atoms with Crippen LogP contribution in [0.5, 0.6) is 0 Å². The molecular weight excluding hydrogens is 226 g/mol. The number of halogens is 4. The third-order valence-electron chi connectivity index (χ3n) is 2.30. The second kappa shape index (κ2) is 4.39. The van der Waals surface area contributed by atoms with Gasteiger partial charge in [-0.25, -0.2) is 17.6 Å². The second-order valence-electron chi connectivity index (χ2n) is 3.49. The smallest absolute Gasteiger partial charge is 0.289 e. The van der Waals surface area contributed by atoms with Crippen LogP contribution in [0.2, 0.25) is 0 Å². The van der Waals surface area contributed by atoms with Gasteiger partial charge >= 0.3 is 0 Å². The number of nitrogens with two attached hydrogens (primary N) is 1. The zero-order valence-electron chi connectivity index (χ0n) is 8.48. The molecule has 6 heteroatoms. The van der Waals surface area contributed by atoms with Gasteiger partial charge in [0.15, 0.2) is 0 Å².